The standard InChI is InChI=1S/C10H14N2O6S2/c1-2-9(10(13)14)12-20(17,18)8-5-3-4-7(6-8)19(11,15)16/h3-6,9,12H,2H2,1H3,(H,13,14)(H2,11,15,16). The Labute approximate surface area is 116 Å². The summed E-state index contributed by atoms with van der Waals surface area (Å²) in [4.78, 5) is 10.1. The van der Waals surface area contributed by atoms with Gasteiger partial charge in [0.15, 0.2) is 0 Å². The SMILES string of the molecule is CCC(NS(=O)(=O)c1cccc(S(N)(=O)=O)c1)C(=O)O. The number of nitrogens with one attached hydrogen (secondary N) is 1. The molecule has 0 bridgehead atoms. The van der Waals surface area contributed by atoms with E-state index in [1.165, 1.54) is 13.0 Å². The Bertz CT molecular complexity index is 711. The van der Waals surface area contributed by atoms with Gasteiger partial charge in [-0.05, 0) is 24.6 Å². The maximum absolute atomic E-state index is 12.0. The van der Waals surface area contributed by atoms with Crippen molar-refractivity contribution in [2.45, 2.75) is 29.2 Å². The molecule has 0 fully saturated rings. The van der Waals surface area contributed by atoms with E-state index in [9.17, 15) is 21.6 Å². The van der Waals surface area contributed by atoms with Crippen LogP contribution in [0.4, 0.5) is 0 Å². The highest BCUT2D eigenvalue weighted by molar-refractivity contribution is 7.90. The van der Waals surface area contributed by atoms with Crippen molar-refractivity contribution >= 4 is 26.0 Å². The number of carboxylic acids is 1. The normalized spacial score (nSPS) is 13.9. The Morgan fingerprint density at radius 1 is 1.30 bits per heavy atom. The molecule has 1 rings (SSSR count). The minimum Gasteiger partial charge on any atom is -0.480 e. The molecule has 8 nitrogen and oxygen atoms in total. The number of carbonyl (C=O) groups is 1. The van der Waals surface area contributed by atoms with Gasteiger partial charge in [0.05, 0.1) is 9.79 Å². The Morgan fingerprint density at radius 2 is 1.85 bits per heavy atom. The minimum atomic E-state index is -4.15. The van der Waals surface area contributed by atoms with Crippen molar-refractivity contribution in [1.29, 1.82) is 0 Å². The minimum absolute atomic E-state index is 0.0451. The average Bonchev–Trinajstić information content (AvgIpc) is 2.35. The molecule has 0 aliphatic heterocycles. The summed E-state index contributed by atoms with van der Waals surface area (Å²) in [6, 6.07) is 3.06. The van der Waals surface area contributed by atoms with Gasteiger partial charge in [-0.3, -0.25) is 4.79 Å². The van der Waals surface area contributed by atoms with E-state index in [1.807, 2.05) is 4.72 Å². The van der Waals surface area contributed by atoms with Gasteiger partial charge >= 0.3 is 5.97 Å². The third-order valence-electron chi connectivity index (χ3n) is 2.45. The highest BCUT2D eigenvalue weighted by Gasteiger charge is 2.24. The molecule has 0 aliphatic carbocycles. The van der Waals surface area contributed by atoms with Crippen LogP contribution in [-0.2, 0) is 24.8 Å². The van der Waals surface area contributed by atoms with Crippen LogP contribution in [0.1, 0.15) is 13.3 Å². The molecule has 1 aromatic rings. The molecule has 0 aromatic heterocycles. The number of nitrogens with two attached hydrogens (primary N) is 1. The van der Waals surface area contributed by atoms with Crippen LogP contribution in [0.15, 0.2) is 34.1 Å². The molecule has 0 aliphatic rings. The molecule has 0 heterocycles. The third kappa shape index (κ3) is 4.00. The molecule has 20 heavy (non-hydrogen) atoms. The molecule has 0 spiro atoms. The van der Waals surface area contributed by atoms with Crippen LogP contribution in [0.3, 0.4) is 0 Å². The second-order valence-electron chi connectivity index (χ2n) is 3.94. The first-order chi connectivity index (χ1) is 9.08. The van der Waals surface area contributed by atoms with Crippen LogP contribution in [0.25, 0.3) is 0 Å². The Hall–Kier alpha value is -1.49. The van der Waals surface area contributed by atoms with Crippen molar-refractivity contribution in [2.24, 2.45) is 5.14 Å². The van der Waals surface area contributed by atoms with Crippen molar-refractivity contribution in [3.05, 3.63) is 24.3 Å². The lowest BCUT2D eigenvalue weighted by molar-refractivity contribution is -0.139. The molecule has 0 radical (unpaired) electrons. The topological polar surface area (TPSA) is 144 Å². The molecule has 0 saturated heterocycles. The van der Waals surface area contributed by atoms with Gasteiger partial charge in [0.2, 0.25) is 20.0 Å². The first-order valence-corrected chi connectivity index (χ1v) is 8.49. The van der Waals surface area contributed by atoms with Gasteiger partial charge in [0.1, 0.15) is 6.04 Å². The average molecular weight is 322 g/mol. The van der Waals surface area contributed by atoms with Gasteiger partial charge in [-0.15, -0.1) is 0 Å². The fourth-order valence-corrected chi connectivity index (χ4v) is 3.33. The van der Waals surface area contributed by atoms with Crippen molar-refractivity contribution in [3.8, 4) is 0 Å². The van der Waals surface area contributed by atoms with E-state index in [4.69, 9.17) is 10.2 Å². The summed E-state index contributed by atoms with van der Waals surface area (Å²) in [5, 5.41) is 13.7. The van der Waals surface area contributed by atoms with Crippen LogP contribution in [0.2, 0.25) is 0 Å². The second kappa shape index (κ2) is 5.87. The molecule has 1 atom stereocenters. The summed E-state index contributed by atoms with van der Waals surface area (Å²) in [5.74, 6) is -1.32. The lowest BCUT2D eigenvalue weighted by Crippen LogP contribution is -2.40. The number of aliphatic carboxylic acids is 1. The van der Waals surface area contributed by atoms with E-state index in [0.29, 0.717) is 0 Å². The molecule has 1 unspecified atom stereocenters. The van der Waals surface area contributed by atoms with Crippen molar-refractivity contribution in [2.75, 3.05) is 0 Å². The first-order valence-electron chi connectivity index (χ1n) is 5.46. The zero-order valence-electron chi connectivity index (χ0n) is 10.5. The van der Waals surface area contributed by atoms with E-state index >= 15 is 0 Å². The molecule has 0 amide bonds. The number of sulfonamides is 2. The quantitative estimate of drug-likeness (QED) is 0.642. The number of benzene rings is 1. The third-order valence-corrected chi connectivity index (χ3v) is 4.83. The predicted octanol–water partition coefficient (Wildman–Crippen LogP) is -0.524. The molecular weight excluding hydrogens is 308 g/mol. The van der Waals surface area contributed by atoms with Gasteiger partial charge in [-0.25, -0.2) is 22.0 Å². The highest BCUT2D eigenvalue weighted by Crippen LogP contribution is 2.15. The van der Waals surface area contributed by atoms with Crippen LogP contribution in [-0.4, -0.2) is 34.0 Å². The monoisotopic (exact) mass is 322 g/mol. The fourth-order valence-electron chi connectivity index (χ4n) is 1.38. The number of hydrogen-bond donors (Lipinski definition) is 3. The van der Waals surface area contributed by atoms with Crippen molar-refractivity contribution < 1.29 is 26.7 Å². The van der Waals surface area contributed by atoms with Gasteiger partial charge in [0, 0.05) is 0 Å². The summed E-state index contributed by atoms with van der Waals surface area (Å²) >= 11 is 0. The van der Waals surface area contributed by atoms with Gasteiger partial charge in [-0.1, -0.05) is 13.0 Å². The summed E-state index contributed by atoms with van der Waals surface area (Å²) < 4.78 is 48.3. The number of hydrogen-bond acceptors (Lipinski definition) is 5. The first kappa shape index (κ1) is 16.6. The van der Waals surface area contributed by atoms with Crippen molar-refractivity contribution in [3.63, 3.8) is 0 Å². The van der Waals surface area contributed by atoms with E-state index in [1.54, 1.807) is 0 Å². The van der Waals surface area contributed by atoms with Gasteiger partial charge in [-0.2, -0.15) is 4.72 Å². The second-order valence-corrected chi connectivity index (χ2v) is 7.22. The summed E-state index contributed by atoms with van der Waals surface area (Å²) in [7, 11) is -8.19. The molecule has 1 aromatic carbocycles. The molecule has 112 valence electrons. The lowest BCUT2D eigenvalue weighted by Gasteiger charge is -2.13. The Morgan fingerprint density at radius 3 is 2.30 bits per heavy atom. The van der Waals surface area contributed by atoms with Crippen LogP contribution in [0.5, 0.6) is 0 Å². The summed E-state index contributed by atoms with van der Waals surface area (Å²) in [5.41, 5.74) is 0. The van der Waals surface area contributed by atoms with Crippen LogP contribution >= 0.6 is 0 Å². The fraction of sp³-hybridized carbons (Fsp3) is 0.300. The molecular formula is C10H14N2O6S2. The predicted molar refractivity (Wildman–Crippen MR) is 69.9 cm³/mol. The zero-order valence-corrected chi connectivity index (χ0v) is 12.1. The zero-order chi connectivity index (χ0) is 15.6. The molecule has 4 N–H and O–H groups in total. The maximum atomic E-state index is 12.0. The lowest BCUT2D eigenvalue weighted by atomic mass is 10.2. The summed E-state index contributed by atoms with van der Waals surface area (Å²) in [6.07, 6.45) is 0.0451. The van der Waals surface area contributed by atoms with Crippen LogP contribution < -0.4 is 9.86 Å². The van der Waals surface area contributed by atoms with Gasteiger partial charge < -0.3 is 5.11 Å². The van der Waals surface area contributed by atoms with E-state index < -0.39 is 32.1 Å². The van der Waals surface area contributed by atoms with E-state index in [-0.39, 0.29) is 16.2 Å². The smallest absolute Gasteiger partial charge is 0.321 e. The highest BCUT2D eigenvalue weighted by atomic mass is 32.2. The summed E-state index contributed by atoms with van der Waals surface area (Å²) in [6.45, 7) is 1.50. The van der Waals surface area contributed by atoms with Crippen LogP contribution in [0, 0.1) is 0 Å². The van der Waals surface area contributed by atoms with E-state index in [0.717, 1.165) is 18.2 Å². The van der Waals surface area contributed by atoms with E-state index in [2.05, 4.69) is 0 Å². The molecule has 0 saturated carbocycles. The number of primary sulfonamides is 1. The maximum Gasteiger partial charge on any atom is 0.321 e. The largest absolute Gasteiger partial charge is 0.480 e. The van der Waals surface area contributed by atoms with Gasteiger partial charge in [0.25, 0.3) is 0 Å². The number of carboxylic acid groups (broad SMARTS) is 1. The molecule has 10 heteroatoms. The number of rotatable bonds is 6. The Kier molecular flexibility index (Phi) is 4.86. The Balaban J connectivity index is 3.20. The van der Waals surface area contributed by atoms with Crippen molar-refractivity contribution in [1.82, 2.24) is 4.72 Å².